The number of carboxylic acid groups (broad SMARTS) is 1. The van der Waals surface area contributed by atoms with Crippen molar-refractivity contribution in [3.8, 4) is 12.3 Å². The van der Waals surface area contributed by atoms with Gasteiger partial charge in [-0.15, -0.1) is 12.3 Å². The second-order valence-corrected chi connectivity index (χ2v) is 4.14. The SMILES string of the molecule is C#CCCCCNC(=O)NC(CC)(CC)C(=O)O. The summed E-state index contributed by atoms with van der Waals surface area (Å²) in [4.78, 5) is 22.8. The number of nitrogens with one attached hydrogen (secondary N) is 2. The smallest absolute Gasteiger partial charge is 0.329 e. The Bertz CT molecular complexity index is 317. The minimum absolute atomic E-state index is 0.351. The Balaban J connectivity index is 4.12. The van der Waals surface area contributed by atoms with Gasteiger partial charge < -0.3 is 15.7 Å². The van der Waals surface area contributed by atoms with Crippen LogP contribution in [0.4, 0.5) is 4.79 Å². The summed E-state index contributed by atoms with van der Waals surface area (Å²) in [6.07, 6.45) is 8.13. The van der Waals surface area contributed by atoms with Gasteiger partial charge in [0.15, 0.2) is 0 Å². The van der Waals surface area contributed by atoms with Crippen LogP contribution in [0.3, 0.4) is 0 Å². The van der Waals surface area contributed by atoms with Crippen molar-refractivity contribution in [2.45, 2.75) is 51.5 Å². The van der Waals surface area contributed by atoms with Crippen LogP contribution in [0.15, 0.2) is 0 Å². The number of urea groups is 1. The number of amides is 2. The van der Waals surface area contributed by atoms with Crippen LogP contribution in [0, 0.1) is 12.3 Å². The van der Waals surface area contributed by atoms with Gasteiger partial charge in [-0.25, -0.2) is 9.59 Å². The first-order chi connectivity index (χ1) is 8.52. The first kappa shape index (κ1) is 16.3. The molecule has 0 aliphatic heterocycles. The minimum Gasteiger partial charge on any atom is -0.480 e. The Morgan fingerprint density at radius 1 is 1.28 bits per heavy atom. The van der Waals surface area contributed by atoms with Gasteiger partial charge in [-0.3, -0.25) is 0 Å². The molecule has 18 heavy (non-hydrogen) atoms. The van der Waals surface area contributed by atoms with E-state index in [0.29, 0.717) is 25.8 Å². The van der Waals surface area contributed by atoms with E-state index >= 15 is 0 Å². The molecule has 0 unspecified atom stereocenters. The Hall–Kier alpha value is -1.70. The molecule has 0 aliphatic rings. The molecule has 0 aliphatic carbocycles. The van der Waals surface area contributed by atoms with Crippen molar-refractivity contribution < 1.29 is 14.7 Å². The van der Waals surface area contributed by atoms with E-state index < -0.39 is 17.5 Å². The molecule has 0 heterocycles. The number of hydrogen-bond acceptors (Lipinski definition) is 2. The first-order valence-electron chi connectivity index (χ1n) is 6.25. The zero-order chi connectivity index (χ0) is 14.0. The second-order valence-electron chi connectivity index (χ2n) is 4.14. The summed E-state index contributed by atoms with van der Waals surface area (Å²) in [5.74, 6) is 1.52. The summed E-state index contributed by atoms with van der Waals surface area (Å²) in [7, 11) is 0. The monoisotopic (exact) mass is 254 g/mol. The molecule has 0 spiro atoms. The topological polar surface area (TPSA) is 78.4 Å². The van der Waals surface area contributed by atoms with Crippen LogP contribution >= 0.6 is 0 Å². The first-order valence-corrected chi connectivity index (χ1v) is 6.25. The Morgan fingerprint density at radius 3 is 2.33 bits per heavy atom. The lowest BCUT2D eigenvalue weighted by atomic mass is 9.93. The molecule has 5 heteroatoms. The standard InChI is InChI=1S/C13H22N2O3/c1-4-7-8-9-10-14-12(18)15-13(5-2,6-3)11(16)17/h1H,5-10H2,2-3H3,(H,16,17)(H2,14,15,18). The molecule has 0 saturated heterocycles. The summed E-state index contributed by atoms with van der Waals surface area (Å²) < 4.78 is 0. The predicted octanol–water partition coefficient (Wildman–Crippen LogP) is 1.73. The molecule has 0 atom stereocenters. The third-order valence-corrected chi connectivity index (χ3v) is 3.00. The molecule has 3 N–H and O–H groups in total. The van der Waals surface area contributed by atoms with Crippen molar-refractivity contribution >= 4 is 12.0 Å². The van der Waals surface area contributed by atoms with Gasteiger partial charge in [0, 0.05) is 13.0 Å². The minimum atomic E-state index is -1.18. The van der Waals surface area contributed by atoms with E-state index in [2.05, 4.69) is 16.6 Å². The predicted molar refractivity (Wildman–Crippen MR) is 70.2 cm³/mol. The highest BCUT2D eigenvalue weighted by Gasteiger charge is 2.36. The fourth-order valence-corrected chi connectivity index (χ4v) is 1.60. The second kappa shape index (κ2) is 8.40. The van der Waals surface area contributed by atoms with E-state index in [0.717, 1.165) is 12.8 Å². The highest BCUT2D eigenvalue weighted by Crippen LogP contribution is 2.15. The summed E-state index contributed by atoms with van der Waals surface area (Å²) in [6.45, 7) is 3.98. The summed E-state index contributed by atoms with van der Waals surface area (Å²) in [5.41, 5.74) is -1.18. The van der Waals surface area contributed by atoms with Gasteiger partial charge >= 0.3 is 12.0 Å². The van der Waals surface area contributed by atoms with E-state index in [1.165, 1.54) is 0 Å². The van der Waals surface area contributed by atoms with Crippen molar-refractivity contribution in [2.24, 2.45) is 0 Å². The van der Waals surface area contributed by atoms with E-state index in [1.807, 2.05) is 0 Å². The molecule has 0 bridgehead atoms. The van der Waals surface area contributed by atoms with E-state index in [4.69, 9.17) is 11.5 Å². The van der Waals surface area contributed by atoms with Gasteiger partial charge in [0.05, 0.1) is 0 Å². The quantitative estimate of drug-likeness (QED) is 0.456. The lowest BCUT2D eigenvalue weighted by Gasteiger charge is -2.28. The fraction of sp³-hybridized carbons (Fsp3) is 0.692. The van der Waals surface area contributed by atoms with Gasteiger partial charge in [-0.05, 0) is 25.7 Å². The fourth-order valence-electron chi connectivity index (χ4n) is 1.60. The van der Waals surface area contributed by atoms with Crippen LogP contribution in [0.2, 0.25) is 0 Å². The number of unbranched alkanes of at least 4 members (excludes halogenated alkanes) is 2. The maximum atomic E-state index is 11.6. The molecule has 0 aromatic heterocycles. The third kappa shape index (κ3) is 5.09. The molecule has 102 valence electrons. The summed E-state index contributed by atoms with van der Waals surface area (Å²) in [6, 6.07) is -0.443. The number of carboxylic acids is 1. The molecular weight excluding hydrogens is 232 g/mol. The van der Waals surface area contributed by atoms with Crippen molar-refractivity contribution in [3.63, 3.8) is 0 Å². The molecule has 5 nitrogen and oxygen atoms in total. The maximum absolute atomic E-state index is 11.6. The molecule has 0 radical (unpaired) electrons. The Kier molecular flexibility index (Phi) is 7.61. The van der Waals surface area contributed by atoms with Gasteiger partial charge in [0.2, 0.25) is 0 Å². The van der Waals surface area contributed by atoms with Crippen LogP contribution in [-0.4, -0.2) is 29.2 Å². The van der Waals surface area contributed by atoms with Crippen molar-refractivity contribution in [3.05, 3.63) is 0 Å². The zero-order valence-corrected chi connectivity index (χ0v) is 11.1. The van der Waals surface area contributed by atoms with Crippen molar-refractivity contribution in [1.29, 1.82) is 0 Å². The molecule has 0 aromatic rings. The lowest BCUT2D eigenvalue weighted by Crippen LogP contribution is -2.56. The van der Waals surface area contributed by atoms with Gasteiger partial charge in [-0.2, -0.15) is 0 Å². The number of rotatable bonds is 8. The van der Waals surface area contributed by atoms with Crippen LogP contribution < -0.4 is 10.6 Å². The summed E-state index contributed by atoms with van der Waals surface area (Å²) in [5, 5.41) is 14.3. The van der Waals surface area contributed by atoms with Crippen molar-refractivity contribution in [1.82, 2.24) is 10.6 Å². The van der Waals surface area contributed by atoms with Crippen LogP contribution in [0.1, 0.15) is 46.0 Å². The Labute approximate surface area is 108 Å². The van der Waals surface area contributed by atoms with Crippen LogP contribution in [0.25, 0.3) is 0 Å². The van der Waals surface area contributed by atoms with Gasteiger partial charge in [-0.1, -0.05) is 13.8 Å². The van der Waals surface area contributed by atoms with E-state index in [9.17, 15) is 9.59 Å². The number of terminal acetylenes is 1. The molecule has 0 rings (SSSR count). The number of carbonyl (C=O) groups is 2. The highest BCUT2D eigenvalue weighted by molar-refractivity contribution is 5.86. The normalized spacial score (nSPS) is 10.5. The zero-order valence-electron chi connectivity index (χ0n) is 11.1. The van der Waals surface area contributed by atoms with Crippen LogP contribution in [-0.2, 0) is 4.79 Å². The number of carbonyl (C=O) groups excluding carboxylic acids is 1. The lowest BCUT2D eigenvalue weighted by molar-refractivity contribution is -0.144. The molecule has 2 amide bonds. The van der Waals surface area contributed by atoms with Gasteiger partial charge in [0.25, 0.3) is 0 Å². The third-order valence-electron chi connectivity index (χ3n) is 3.00. The maximum Gasteiger partial charge on any atom is 0.329 e. The van der Waals surface area contributed by atoms with E-state index in [-0.39, 0.29) is 0 Å². The van der Waals surface area contributed by atoms with Crippen molar-refractivity contribution in [2.75, 3.05) is 6.54 Å². The average molecular weight is 254 g/mol. The highest BCUT2D eigenvalue weighted by atomic mass is 16.4. The Morgan fingerprint density at radius 2 is 1.89 bits per heavy atom. The number of hydrogen-bond donors (Lipinski definition) is 3. The molecule has 0 saturated carbocycles. The largest absolute Gasteiger partial charge is 0.480 e. The van der Waals surface area contributed by atoms with E-state index in [1.54, 1.807) is 13.8 Å². The van der Waals surface area contributed by atoms with Crippen LogP contribution in [0.5, 0.6) is 0 Å². The average Bonchev–Trinajstić information content (AvgIpc) is 2.35. The molecule has 0 aromatic carbocycles. The number of aliphatic carboxylic acids is 1. The summed E-state index contributed by atoms with van der Waals surface area (Å²) >= 11 is 0. The molecular formula is C13H22N2O3. The molecule has 0 fully saturated rings. The van der Waals surface area contributed by atoms with Gasteiger partial charge in [0.1, 0.15) is 5.54 Å².